The molecule has 0 N–H and O–H groups in total. The molecule has 0 saturated heterocycles. The highest BCUT2D eigenvalue weighted by Gasteiger charge is 2.26. The first kappa shape index (κ1) is 12.9. The zero-order valence-electron chi connectivity index (χ0n) is 9.93. The quantitative estimate of drug-likeness (QED) is 0.594. The molecule has 2 heteroatoms. The van der Waals surface area contributed by atoms with E-state index in [1.165, 1.54) is 24.7 Å². The van der Waals surface area contributed by atoms with Crippen LogP contribution < -0.4 is 0 Å². The number of hydrogen-bond acceptors (Lipinski definition) is 1. The second-order valence-corrected chi connectivity index (χ2v) is 8.79. The Balaban J connectivity index is 4.43. The van der Waals surface area contributed by atoms with Gasteiger partial charge in [-0.15, -0.1) is 0 Å². The average Bonchev–Trinajstić information content (AvgIpc) is 2.04. The fourth-order valence-corrected chi connectivity index (χ4v) is 6.31. The maximum absolute atomic E-state index is 2.52. The van der Waals surface area contributed by atoms with E-state index in [2.05, 4.69) is 51.5 Å². The van der Waals surface area contributed by atoms with Gasteiger partial charge in [-0.1, -0.05) is 44.1 Å². The van der Waals surface area contributed by atoms with Crippen molar-refractivity contribution in [3.63, 3.8) is 0 Å². The van der Waals surface area contributed by atoms with Crippen LogP contribution in [-0.2, 0) is 0 Å². The molecule has 0 aliphatic rings. The molecule has 1 nitrogen and oxygen atoms in total. The van der Waals surface area contributed by atoms with E-state index in [4.69, 9.17) is 0 Å². The lowest BCUT2D eigenvalue weighted by molar-refractivity contribution is 0.469. The summed E-state index contributed by atoms with van der Waals surface area (Å²) in [5, 5.41) is 0. The van der Waals surface area contributed by atoms with Gasteiger partial charge in [-0.25, -0.2) is 0 Å². The molecular formula is C11H25NSi. The summed E-state index contributed by atoms with van der Waals surface area (Å²) in [6.07, 6.45) is 4.90. The SMILES string of the molecule is C/C=C\[Si](CC)(CCC)CN(C)C. The molecule has 1 unspecified atom stereocenters. The van der Waals surface area contributed by atoms with Gasteiger partial charge in [-0.05, 0) is 27.2 Å². The van der Waals surface area contributed by atoms with Crippen LogP contribution in [-0.4, -0.2) is 33.2 Å². The zero-order chi connectivity index (χ0) is 10.3. The molecule has 0 bridgehead atoms. The van der Waals surface area contributed by atoms with Gasteiger partial charge in [-0.3, -0.25) is 0 Å². The van der Waals surface area contributed by atoms with Gasteiger partial charge in [0.1, 0.15) is 0 Å². The fourth-order valence-electron chi connectivity index (χ4n) is 2.10. The van der Waals surface area contributed by atoms with Crippen molar-refractivity contribution in [1.82, 2.24) is 4.90 Å². The summed E-state index contributed by atoms with van der Waals surface area (Å²) in [7, 11) is 3.29. The Labute approximate surface area is 84.8 Å². The Morgan fingerprint density at radius 2 is 1.85 bits per heavy atom. The molecule has 0 aliphatic heterocycles. The molecule has 0 aromatic heterocycles. The van der Waals surface area contributed by atoms with Gasteiger partial charge >= 0.3 is 0 Å². The Bertz CT molecular complexity index is 154. The summed E-state index contributed by atoms with van der Waals surface area (Å²) >= 11 is 0. The number of allylic oxidation sites excluding steroid dienone is 1. The highest BCUT2D eigenvalue weighted by Crippen LogP contribution is 2.19. The second-order valence-electron chi connectivity index (χ2n) is 4.20. The standard InChI is InChI=1S/C11H25NSi/c1-6-9-13(8-3,10-7-2)11-12(4)5/h6,9H,7-8,10-11H2,1-5H3/b9-6-. The lowest BCUT2D eigenvalue weighted by atomic mass is 10.6. The van der Waals surface area contributed by atoms with Crippen molar-refractivity contribution in [1.29, 1.82) is 0 Å². The Morgan fingerprint density at radius 1 is 1.23 bits per heavy atom. The molecule has 0 heterocycles. The predicted molar refractivity (Wildman–Crippen MR) is 64.7 cm³/mol. The molecule has 0 aliphatic carbocycles. The summed E-state index contributed by atoms with van der Waals surface area (Å²) < 4.78 is 0. The molecule has 78 valence electrons. The predicted octanol–water partition coefficient (Wildman–Crippen LogP) is 3.08. The second kappa shape index (κ2) is 6.38. The average molecular weight is 199 g/mol. The minimum Gasteiger partial charge on any atom is -0.312 e. The van der Waals surface area contributed by atoms with Gasteiger partial charge in [0.05, 0.1) is 8.07 Å². The zero-order valence-corrected chi connectivity index (χ0v) is 10.9. The fraction of sp³-hybridized carbons (Fsp3) is 0.818. The van der Waals surface area contributed by atoms with Crippen LogP contribution in [0.5, 0.6) is 0 Å². The van der Waals surface area contributed by atoms with Crippen LogP contribution in [0.3, 0.4) is 0 Å². The van der Waals surface area contributed by atoms with Crippen molar-refractivity contribution in [2.24, 2.45) is 0 Å². The Kier molecular flexibility index (Phi) is 6.34. The van der Waals surface area contributed by atoms with E-state index in [0.29, 0.717) is 0 Å². The van der Waals surface area contributed by atoms with E-state index in [1.807, 2.05) is 0 Å². The van der Waals surface area contributed by atoms with E-state index < -0.39 is 8.07 Å². The van der Waals surface area contributed by atoms with Crippen molar-refractivity contribution in [2.75, 3.05) is 20.3 Å². The third-order valence-electron chi connectivity index (χ3n) is 2.60. The normalized spacial score (nSPS) is 16.8. The first-order valence-corrected chi connectivity index (χ1v) is 8.08. The molecule has 13 heavy (non-hydrogen) atoms. The Morgan fingerprint density at radius 3 is 2.15 bits per heavy atom. The van der Waals surface area contributed by atoms with E-state index in [9.17, 15) is 0 Å². The molecule has 0 spiro atoms. The topological polar surface area (TPSA) is 3.24 Å². The third-order valence-corrected chi connectivity index (χ3v) is 7.81. The van der Waals surface area contributed by atoms with Crippen LogP contribution in [0, 0.1) is 0 Å². The van der Waals surface area contributed by atoms with Crippen molar-refractivity contribution < 1.29 is 0 Å². The summed E-state index contributed by atoms with van der Waals surface area (Å²) in [4.78, 5) is 2.35. The van der Waals surface area contributed by atoms with Crippen LogP contribution in [0.4, 0.5) is 0 Å². The third kappa shape index (κ3) is 4.63. The molecule has 0 amide bonds. The lowest BCUT2D eigenvalue weighted by Crippen LogP contribution is -2.42. The molecule has 0 rings (SSSR count). The summed E-state index contributed by atoms with van der Waals surface area (Å²) in [5.74, 6) is 0. The van der Waals surface area contributed by atoms with Crippen molar-refractivity contribution in [3.8, 4) is 0 Å². The first-order chi connectivity index (χ1) is 6.10. The maximum Gasteiger partial charge on any atom is 0.0914 e. The summed E-state index contributed by atoms with van der Waals surface area (Å²) in [6.45, 7) is 6.81. The van der Waals surface area contributed by atoms with Gasteiger partial charge in [0.25, 0.3) is 0 Å². The summed E-state index contributed by atoms with van der Waals surface area (Å²) in [6, 6.07) is 2.81. The van der Waals surface area contributed by atoms with Crippen LogP contribution in [0.25, 0.3) is 0 Å². The number of nitrogens with zero attached hydrogens (tertiary/aromatic N) is 1. The highest BCUT2D eigenvalue weighted by molar-refractivity contribution is 6.84. The smallest absolute Gasteiger partial charge is 0.0914 e. The van der Waals surface area contributed by atoms with Crippen LogP contribution >= 0.6 is 0 Å². The molecule has 0 aromatic rings. The highest BCUT2D eigenvalue weighted by atomic mass is 28.3. The van der Waals surface area contributed by atoms with E-state index in [1.54, 1.807) is 0 Å². The van der Waals surface area contributed by atoms with Gasteiger partial charge in [0.2, 0.25) is 0 Å². The van der Waals surface area contributed by atoms with Crippen LogP contribution in [0.2, 0.25) is 12.1 Å². The molecule has 0 fully saturated rings. The number of rotatable bonds is 6. The van der Waals surface area contributed by atoms with Crippen molar-refractivity contribution in [2.45, 2.75) is 39.3 Å². The first-order valence-electron chi connectivity index (χ1n) is 5.38. The molecular weight excluding hydrogens is 174 g/mol. The maximum atomic E-state index is 2.52. The van der Waals surface area contributed by atoms with E-state index >= 15 is 0 Å². The number of hydrogen-bond donors (Lipinski definition) is 0. The van der Waals surface area contributed by atoms with Gasteiger partial charge in [0, 0.05) is 0 Å². The van der Waals surface area contributed by atoms with Crippen LogP contribution in [0.1, 0.15) is 27.2 Å². The minimum absolute atomic E-state index is 1.09. The van der Waals surface area contributed by atoms with Gasteiger partial charge < -0.3 is 4.90 Å². The monoisotopic (exact) mass is 199 g/mol. The Hall–Kier alpha value is -0.0831. The lowest BCUT2D eigenvalue weighted by Gasteiger charge is -2.30. The van der Waals surface area contributed by atoms with E-state index in [-0.39, 0.29) is 0 Å². The van der Waals surface area contributed by atoms with Crippen molar-refractivity contribution in [3.05, 3.63) is 11.8 Å². The molecule has 1 atom stereocenters. The van der Waals surface area contributed by atoms with Gasteiger partial charge in [-0.2, -0.15) is 0 Å². The largest absolute Gasteiger partial charge is 0.312 e. The summed E-state index contributed by atoms with van der Waals surface area (Å²) in [5.41, 5.74) is 2.52. The molecule has 0 aromatic carbocycles. The van der Waals surface area contributed by atoms with Crippen LogP contribution in [0.15, 0.2) is 11.8 Å². The van der Waals surface area contributed by atoms with Gasteiger partial charge in [0.15, 0.2) is 0 Å². The van der Waals surface area contributed by atoms with Crippen molar-refractivity contribution >= 4 is 8.07 Å². The molecule has 0 saturated carbocycles. The van der Waals surface area contributed by atoms with E-state index in [0.717, 1.165) is 0 Å². The molecule has 0 radical (unpaired) electrons. The minimum atomic E-state index is -1.09.